The molecule has 1 aromatic rings. The van der Waals surface area contributed by atoms with Crippen LogP contribution in [-0.2, 0) is 9.59 Å². The second kappa shape index (κ2) is 8.24. The minimum atomic E-state index is -0.975. The fraction of sp³-hybridized carbons (Fsp3) is 0.450. The average Bonchev–Trinajstić information content (AvgIpc) is 3.28. The van der Waals surface area contributed by atoms with Crippen LogP contribution < -0.4 is 15.6 Å². The molecule has 0 heterocycles. The third-order valence-electron chi connectivity index (χ3n) is 5.23. The van der Waals surface area contributed by atoms with Gasteiger partial charge in [-0.2, -0.15) is 0 Å². The molecular formula is C20H24N2O5. The first-order valence-electron chi connectivity index (χ1n) is 9.25. The Hall–Kier alpha value is -2.83. The van der Waals surface area contributed by atoms with Gasteiger partial charge >= 0.3 is 5.97 Å². The molecule has 144 valence electrons. The predicted molar refractivity (Wildman–Crippen MR) is 97.8 cm³/mol. The van der Waals surface area contributed by atoms with Gasteiger partial charge in [-0.15, -0.1) is 0 Å². The van der Waals surface area contributed by atoms with Crippen molar-refractivity contribution in [2.24, 2.45) is 23.7 Å². The Morgan fingerprint density at radius 1 is 1.07 bits per heavy atom. The molecule has 3 rings (SSSR count). The average molecular weight is 372 g/mol. The Balaban J connectivity index is 1.53. The molecule has 0 radical (unpaired) electrons. The van der Waals surface area contributed by atoms with E-state index >= 15 is 0 Å². The van der Waals surface area contributed by atoms with Crippen LogP contribution in [-0.4, -0.2) is 29.5 Å². The van der Waals surface area contributed by atoms with Crippen LogP contribution in [0.15, 0.2) is 36.4 Å². The molecule has 1 fully saturated rings. The molecule has 2 aliphatic carbocycles. The molecule has 0 unspecified atom stereocenters. The van der Waals surface area contributed by atoms with Crippen molar-refractivity contribution in [3.63, 3.8) is 0 Å². The van der Waals surface area contributed by atoms with E-state index in [1.165, 1.54) is 0 Å². The number of amides is 2. The molecule has 0 aliphatic heterocycles. The molecule has 3 N–H and O–H groups in total. The highest BCUT2D eigenvalue weighted by atomic mass is 16.5. The first-order valence-corrected chi connectivity index (χ1v) is 9.25. The third-order valence-corrected chi connectivity index (χ3v) is 5.23. The predicted octanol–water partition coefficient (Wildman–Crippen LogP) is 2.15. The number of benzene rings is 1. The molecule has 7 heteroatoms. The zero-order chi connectivity index (χ0) is 19.4. The lowest BCUT2D eigenvalue weighted by molar-refractivity contribution is -0.148. The van der Waals surface area contributed by atoms with Gasteiger partial charge in [0.2, 0.25) is 5.91 Å². The quantitative estimate of drug-likeness (QED) is 0.386. The SMILES string of the molecule is CCCCOc1ccc(C(=O)NNC(=O)[C@@H]2[C@@H](C(=O)O)[C@H]3C=C[C@@H]2C3)cc1. The largest absolute Gasteiger partial charge is 0.494 e. The number of fused-ring (bicyclic) bond motifs is 2. The molecule has 0 aromatic heterocycles. The Morgan fingerprint density at radius 2 is 1.74 bits per heavy atom. The number of aliphatic carboxylic acids is 1. The van der Waals surface area contributed by atoms with E-state index in [1.807, 2.05) is 12.2 Å². The first-order chi connectivity index (χ1) is 13.0. The van der Waals surface area contributed by atoms with E-state index in [4.69, 9.17) is 4.74 Å². The second-order valence-corrected chi connectivity index (χ2v) is 7.01. The number of hydrogen-bond donors (Lipinski definition) is 3. The summed E-state index contributed by atoms with van der Waals surface area (Å²) in [4.78, 5) is 36.1. The molecule has 27 heavy (non-hydrogen) atoms. The summed E-state index contributed by atoms with van der Waals surface area (Å²) in [7, 11) is 0. The van der Waals surface area contributed by atoms with E-state index in [-0.39, 0.29) is 11.8 Å². The number of ether oxygens (including phenoxy) is 1. The number of carboxylic acids is 1. The van der Waals surface area contributed by atoms with Crippen LogP contribution in [0.1, 0.15) is 36.5 Å². The highest BCUT2D eigenvalue weighted by Crippen LogP contribution is 2.48. The number of carbonyl (C=O) groups excluding carboxylic acids is 2. The maximum atomic E-state index is 12.4. The van der Waals surface area contributed by atoms with Crippen LogP contribution in [0.25, 0.3) is 0 Å². The molecule has 4 atom stereocenters. The topological polar surface area (TPSA) is 105 Å². The fourth-order valence-corrected chi connectivity index (χ4v) is 3.83. The van der Waals surface area contributed by atoms with Gasteiger partial charge in [-0.25, -0.2) is 0 Å². The molecule has 0 spiro atoms. The van der Waals surface area contributed by atoms with Crippen molar-refractivity contribution in [3.8, 4) is 5.75 Å². The highest BCUT2D eigenvalue weighted by molar-refractivity contribution is 5.96. The summed E-state index contributed by atoms with van der Waals surface area (Å²) < 4.78 is 5.55. The smallest absolute Gasteiger partial charge is 0.307 e. The van der Waals surface area contributed by atoms with E-state index in [2.05, 4.69) is 17.8 Å². The van der Waals surface area contributed by atoms with Gasteiger partial charge in [0.15, 0.2) is 0 Å². The maximum absolute atomic E-state index is 12.4. The fourth-order valence-electron chi connectivity index (χ4n) is 3.83. The molecule has 2 aliphatic rings. The van der Waals surface area contributed by atoms with E-state index in [1.54, 1.807) is 24.3 Å². The van der Waals surface area contributed by atoms with Crippen LogP contribution in [0.3, 0.4) is 0 Å². The summed E-state index contributed by atoms with van der Waals surface area (Å²) in [5, 5.41) is 9.40. The summed E-state index contributed by atoms with van der Waals surface area (Å²) in [5.74, 6) is -2.82. The Morgan fingerprint density at radius 3 is 2.37 bits per heavy atom. The number of rotatable bonds is 7. The van der Waals surface area contributed by atoms with Crippen LogP contribution in [0.4, 0.5) is 0 Å². The Kier molecular flexibility index (Phi) is 5.78. The van der Waals surface area contributed by atoms with E-state index in [0.717, 1.165) is 12.8 Å². The van der Waals surface area contributed by atoms with Gasteiger partial charge < -0.3 is 9.84 Å². The van der Waals surface area contributed by atoms with E-state index in [0.29, 0.717) is 24.3 Å². The van der Waals surface area contributed by atoms with Crippen LogP contribution in [0.2, 0.25) is 0 Å². The molecule has 2 amide bonds. The second-order valence-electron chi connectivity index (χ2n) is 7.01. The Labute approximate surface area is 157 Å². The number of unbranched alkanes of at least 4 members (excludes halogenated alkanes) is 1. The van der Waals surface area contributed by atoms with Crippen molar-refractivity contribution in [3.05, 3.63) is 42.0 Å². The number of allylic oxidation sites excluding steroid dienone is 2. The van der Waals surface area contributed by atoms with E-state index in [9.17, 15) is 19.5 Å². The molecule has 2 bridgehead atoms. The monoisotopic (exact) mass is 372 g/mol. The van der Waals surface area contributed by atoms with Crippen molar-refractivity contribution in [2.45, 2.75) is 26.2 Å². The summed E-state index contributed by atoms with van der Waals surface area (Å²) in [5.41, 5.74) is 5.13. The molecular weight excluding hydrogens is 348 g/mol. The van der Waals surface area contributed by atoms with Crippen molar-refractivity contribution in [2.75, 3.05) is 6.61 Å². The van der Waals surface area contributed by atoms with Gasteiger partial charge in [-0.05, 0) is 48.9 Å². The number of carbonyl (C=O) groups is 3. The van der Waals surface area contributed by atoms with Crippen LogP contribution in [0.5, 0.6) is 5.75 Å². The van der Waals surface area contributed by atoms with Crippen molar-refractivity contribution < 1.29 is 24.2 Å². The zero-order valence-electron chi connectivity index (χ0n) is 15.2. The molecule has 1 saturated carbocycles. The lowest BCUT2D eigenvalue weighted by Gasteiger charge is -2.23. The lowest BCUT2D eigenvalue weighted by atomic mass is 9.82. The third kappa shape index (κ3) is 4.13. The summed E-state index contributed by atoms with van der Waals surface area (Å²) in [6.45, 7) is 2.71. The lowest BCUT2D eigenvalue weighted by Crippen LogP contribution is -2.48. The normalized spacial score (nSPS) is 25.2. The summed E-state index contributed by atoms with van der Waals surface area (Å²) in [6.07, 6.45) is 6.44. The summed E-state index contributed by atoms with van der Waals surface area (Å²) >= 11 is 0. The van der Waals surface area contributed by atoms with Crippen molar-refractivity contribution >= 4 is 17.8 Å². The summed E-state index contributed by atoms with van der Waals surface area (Å²) in [6, 6.07) is 6.63. The molecule has 1 aromatic carbocycles. The van der Waals surface area contributed by atoms with Gasteiger partial charge in [0.05, 0.1) is 18.4 Å². The zero-order valence-corrected chi connectivity index (χ0v) is 15.2. The van der Waals surface area contributed by atoms with Crippen LogP contribution in [0, 0.1) is 23.7 Å². The maximum Gasteiger partial charge on any atom is 0.307 e. The van der Waals surface area contributed by atoms with E-state index < -0.39 is 29.6 Å². The number of hydrazine groups is 1. The van der Waals surface area contributed by atoms with Gasteiger partial charge in [0.25, 0.3) is 5.91 Å². The number of nitrogens with one attached hydrogen (secondary N) is 2. The van der Waals surface area contributed by atoms with Crippen molar-refractivity contribution in [1.82, 2.24) is 10.9 Å². The Bertz CT molecular complexity index is 743. The van der Waals surface area contributed by atoms with Crippen molar-refractivity contribution in [1.29, 1.82) is 0 Å². The van der Waals surface area contributed by atoms with Gasteiger partial charge in [0, 0.05) is 5.56 Å². The van der Waals surface area contributed by atoms with Gasteiger partial charge in [0.1, 0.15) is 5.75 Å². The standard InChI is InChI=1S/C20H24N2O5/c1-2-3-10-27-15-8-6-12(7-9-15)18(23)21-22-19(24)16-13-4-5-14(11-13)17(16)20(25)26/h4-9,13-14,16-17H,2-3,10-11H2,1H3,(H,21,23)(H,22,24)(H,25,26)/t13-,14+,16+,17+/m1/s1. The van der Waals surface area contributed by atoms with Gasteiger partial charge in [-0.1, -0.05) is 25.5 Å². The minimum Gasteiger partial charge on any atom is -0.494 e. The number of carboxylic acid groups (broad SMARTS) is 1. The number of hydrogen-bond acceptors (Lipinski definition) is 4. The highest BCUT2D eigenvalue weighted by Gasteiger charge is 2.51. The van der Waals surface area contributed by atoms with Crippen LogP contribution >= 0.6 is 0 Å². The van der Waals surface area contributed by atoms with Gasteiger partial charge in [-0.3, -0.25) is 25.2 Å². The molecule has 7 nitrogen and oxygen atoms in total. The first kappa shape index (κ1) is 18.9. The minimum absolute atomic E-state index is 0.0902. The molecule has 0 saturated heterocycles.